The zero-order valence-electron chi connectivity index (χ0n) is 8.92. The van der Waals surface area contributed by atoms with E-state index in [-0.39, 0.29) is 22.5 Å². The maximum atomic E-state index is 13.8. The summed E-state index contributed by atoms with van der Waals surface area (Å²) in [6.07, 6.45) is 0.350. The van der Waals surface area contributed by atoms with Gasteiger partial charge in [0.15, 0.2) is 0 Å². The Morgan fingerprint density at radius 3 is 2.82 bits per heavy atom. The highest BCUT2D eigenvalue weighted by Gasteiger charge is 2.32. The van der Waals surface area contributed by atoms with Gasteiger partial charge in [-0.1, -0.05) is 27.5 Å². The summed E-state index contributed by atoms with van der Waals surface area (Å²) < 4.78 is 14.4. The lowest BCUT2D eigenvalue weighted by atomic mass is 10.1. The maximum absolute atomic E-state index is 13.8. The van der Waals surface area contributed by atoms with Gasteiger partial charge in [0.05, 0.1) is 10.7 Å². The highest BCUT2D eigenvalue weighted by atomic mass is 79.9. The fourth-order valence-corrected chi connectivity index (χ4v) is 2.82. The van der Waals surface area contributed by atoms with Crippen LogP contribution in [-0.4, -0.2) is 19.0 Å². The second kappa shape index (κ2) is 4.92. The summed E-state index contributed by atoms with van der Waals surface area (Å²) in [7, 11) is 0. The molecule has 92 valence electrons. The van der Waals surface area contributed by atoms with Crippen molar-refractivity contribution in [1.82, 2.24) is 0 Å². The lowest BCUT2D eigenvalue weighted by Crippen LogP contribution is -2.27. The fourth-order valence-electron chi connectivity index (χ4n) is 1.95. The fraction of sp³-hybridized carbons (Fsp3) is 0.364. The number of hydrogen-bond donors (Lipinski definition) is 1. The van der Waals surface area contributed by atoms with Crippen molar-refractivity contribution >= 4 is 39.1 Å². The molecule has 1 aromatic rings. The first-order chi connectivity index (χ1) is 8.02. The van der Waals surface area contributed by atoms with Gasteiger partial charge in [0.2, 0.25) is 5.91 Å². The number of benzene rings is 1. The van der Waals surface area contributed by atoms with E-state index in [1.165, 1.54) is 11.0 Å². The topological polar surface area (TPSA) is 46.3 Å². The molecule has 0 bridgehead atoms. The summed E-state index contributed by atoms with van der Waals surface area (Å²) in [6, 6.07) is 2.87. The van der Waals surface area contributed by atoms with Gasteiger partial charge in [-0.05, 0) is 24.6 Å². The summed E-state index contributed by atoms with van der Waals surface area (Å²) >= 11 is 9.12. The quantitative estimate of drug-likeness (QED) is 0.910. The van der Waals surface area contributed by atoms with Gasteiger partial charge in [-0.3, -0.25) is 4.79 Å². The van der Waals surface area contributed by atoms with Crippen LogP contribution < -0.4 is 10.6 Å². The molecule has 0 aliphatic carbocycles. The van der Waals surface area contributed by atoms with Crippen LogP contribution in [-0.2, 0) is 4.79 Å². The SMILES string of the molecule is NCC1CC(=O)N(c2c(F)cc(Br)cc2Cl)C1. The Kier molecular flexibility index (Phi) is 3.70. The normalized spacial score (nSPS) is 20.1. The third-order valence-electron chi connectivity index (χ3n) is 2.79. The number of nitrogens with zero attached hydrogens (tertiary/aromatic N) is 1. The van der Waals surface area contributed by atoms with Crippen LogP contribution in [0.4, 0.5) is 10.1 Å². The molecule has 3 nitrogen and oxygen atoms in total. The highest BCUT2D eigenvalue weighted by Crippen LogP contribution is 2.35. The van der Waals surface area contributed by atoms with Gasteiger partial charge < -0.3 is 10.6 Å². The van der Waals surface area contributed by atoms with Crippen LogP contribution in [0.1, 0.15) is 6.42 Å². The van der Waals surface area contributed by atoms with Crippen molar-refractivity contribution in [3.05, 3.63) is 27.4 Å². The Morgan fingerprint density at radius 1 is 1.59 bits per heavy atom. The van der Waals surface area contributed by atoms with Crippen molar-refractivity contribution in [3.63, 3.8) is 0 Å². The molecule has 17 heavy (non-hydrogen) atoms. The highest BCUT2D eigenvalue weighted by molar-refractivity contribution is 9.10. The summed E-state index contributed by atoms with van der Waals surface area (Å²) in [5, 5.41) is 0.225. The van der Waals surface area contributed by atoms with Gasteiger partial charge in [0.1, 0.15) is 5.82 Å². The molecular weight excluding hydrogens is 310 g/mol. The minimum Gasteiger partial charge on any atom is -0.330 e. The average molecular weight is 322 g/mol. The third-order valence-corrected chi connectivity index (χ3v) is 3.54. The van der Waals surface area contributed by atoms with Crippen molar-refractivity contribution in [1.29, 1.82) is 0 Å². The Balaban J connectivity index is 2.38. The number of nitrogens with two attached hydrogens (primary N) is 1. The number of amides is 1. The standard InChI is InChI=1S/C11H11BrClFN2O/c12-7-2-8(13)11(9(14)3-7)16-5-6(4-15)1-10(16)17/h2-3,6H,1,4-5,15H2. The van der Waals surface area contributed by atoms with E-state index < -0.39 is 5.82 Å². The first-order valence-electron chi connectivity index (χ1n) is 5.18. The number of anilines is 1. The number of carbonyl (C=O) groups is 1. The lowest BCUT2D eigenvalue weighted by molar-refractivity contribution is -0.117. The molecule has 0 saturated carbocycles. The molecule has 1 fully saturated rings. The van der Waals surface area contributed by atoms with Crippen molar-refractivity contribution in [2.45, 2.75) is 6.42 Å². The number of rotatable bonds is 2. The summed E-state index contributed by atoms with van der Waals surface area (Å²) in [6.45, 7) is 0.839. The zero-order valence-corrected chi connectivity index (χ0v) is 11.3. The van der Waals surface area contributed by atoms with Crippen LogP contribution >= 0.6 is 27.5 Å². The van der Waals surface area contributed by atoms with Crippen LogP contribution in [0.25, 0.3) is 0 Å². The molecule has 1 atom stereocenters. The van der Waals surface area contributed by atoms with Crippen molar-refractivity contribution < 1.29 is 9.18 Å². The molecular formula is C11H11BrClFN2O. The summed E-state index contributed by atoms with van der Waals surface area (Å²) in [5.41, 5.74) is 5.67. The molecule has 1 amide bonds. The second-order valence-corrected chi connectivity index (χ2v) is 5.35. The van der Waals surface area contributed by atoms with E-state index in [0.29, 0.717) is 24.0 Å². The minimum absolute atomic E-state index is 0.0709. The van der Waals surface area contributed by atoms with Crippen molar-refractivity contribution in [2.24, 2.45) is 11.7 Å². The van der Waals surface area contributed by atoms with Gasteiger partial charge in [-0.25, -0.2) is 4.39 Å². The van der Waals surface area contributed by atoms with E-state index in [2.05, 4.69) is 15.9 Å². The monoisotopic (exact) mass is 320 g/mol. The van der Waals surface area contributed by atoms with Crippen LogP contribution in [0.5, 0.6) is 0 Å². The Morgan fingerprint density at radius 2 is 2.29 bits per heavy atom. The molecule has 1 unspecified atom stereocenters. The first kappa shape index (κ1) is 12.8. The van der Waals surface area contributed by atoms with E-state index in [1.807, 2.05) is 0 Å². The van der Waals surface area contributed by atoms with Crippen LogP contribution in [0.15, 0.2) is 16.6 Å². The van der Waals surface area contributed by atoms with Crippen molar-refractivity contribution in [2.75, 3.05) is 18.0 Å². The Hall–Kier alpha value is -0.650. The molecule has 1 saturated heterocycles. The van der Waals surface area contributed by atoms with Crippen LogP contribution in [0.2, 0.25) is 5.02 Å². The van der Waals surface area contributed by atoms with Crippen LogP contribution in [0.3, 0.4) is 0 Å². The maximum Gasteiger partial charge on any atom is 0.227 e. The number of carbonyl (C=O) groups excluding carboxylic acids is 1. The average Bonchev–Trinajstić information content (AvgIpc) is 2.59. The molecule has 1 aliphatic rings. The smallest absolute Gasteiger partial charge is 0.227 e. The Bertz CT molecular complexity index is 446. The molecule has 6 heteroatoms. The molecule has 0 aromatic heterocycles. The largest absolute Gasteiger partial charge is 0.330 e. The van der Waals surface area contributed by atoms with E-state index >= 15 is 0 Å². The number of hydrogen-bond acceptors (Lipinski definition) is 2. The predicted octanol–water partition coefficient (Wildman–Crippen LogP) is 2.55. The van der Waals surface area contributed by atoms with Gasteiger partial charge in [0.25, 0.3) is 0 Å². The predicted molar refractivity (Wildman–Crippen MR) is 68.6 cm³/mol. The summed E-state index contributed by atoms with van der Waals surface area (Å²) in [5.74, 6) is -0.569. The minimum atomic E-state index is -0.504. The first-order valence-corrected chi connectivity index (χ1v) is 6.35. The second-order valence-electron chi connectivity index (χ2n) is 4.03. The zero-order chi connectivity index (χ0) is 12.6. The molecule has 0 radical (unpaired) electrons. The molecule has 1 heterocycles. The lowest BCUT2D eigenvalue weighted by Gasteiger charge is -2.19. The van der Waals surface area contributed by atoms with E-state index in [0.717, 1.165) is 0 Å². The molecule has 1 aromatic carbocycles. The van der Waals surface area contributed by atoms with E-state index in [9.17, 15) is 9.18 Å². The van der Waals surface area contributed by atoms with Gasteiger partial charge >= 0.3 is 0 Å². The van der Waals surface area contributed by atoms with Crippen LogP contribution in [0, 0.1) is 11.7 Å². The van der Waals surface area contributed by atoms with Crippen molar-refractivity contribution in [3.8, 4) is 0 Å². The van der Waals surface area contributed by atoms with Gasteiger partial charge in [-0.2, -0.15) is 0 Å². The summed E-state index contributed by atoms with van der Waals surface area (Å²) in [4.78, 5) is 13.1. The molecule has 2 rings (SSSR count). The molecule has 0 spiro atoms. The molecule has 2 N–H and O–H groups in total. The Labute approximate surface area is 112 Å². The van der Waals surface area contributed by atoms with E-state index in [1.54, 1.807) is 6.07 Å². The third kappa shape index (κ3) is 2.46. The van der Waals surface area contributed by atoms with E-state index in [4.69, 9.17) is 17.3 Å². The van der Waals surface area contributed by atoms with Gasteiger partial charge in [0, 0.05) is 17.4 Å². The molecule has 1 aliphatic heterocycles. The number of halogens is 3. The van der Waals surface area contributed by atoms with Gasteiger partial charge in [-0.15, -0.1) is 0 Å².